The van der Waals surface area contributed by atoms with Crippen molar-refractivity contribution < 1.29 is 4.74 Å². The molecule has 0 aliphatic carbocycles. The first-order valence-corrected chi connectivity index (χ1v) is 5.42. The summed E-state index contributed by atoms with van der Waals surface area (Å²) in [5, 5.41) is 0. The highest BCUT2D eigenvalue weighted by Crippen LogP contribution is 2.22. The Morgan fingerprint density at radius 3 is 2.94 bits per heavy atom. The number of hydrogen-bond acceptors (Lipinski definition) is 4. The molecule has 0 saturated heterocycles. The van der Waals surface area contributed by atoms with E-state index in [0.717, 1.165) is 17.1 Å². The molecule has 1 unspecified atom stereocenters. The minimum Gasteiger partial charge on any atom is -0.496 e. The highest BCUT2D eigenvalue weighted by Gasteiger charge is 2.14. The molecule has 0 bridgehead atoms. The smallest absolute Gasteiger partial charge is 0.124 e. The Labute approximate surface area is 100.0 Å². The average Bonchev–Trinajstić information content (AvgIpc) is 2.90. The number of nitrogens with zero attached hydrogens (tertiary/aromatic N) is 1. The molecule has 2 rings (SSSR count). The molecule has 1 heterocycles. The lowest BCUT2D eigenvalue weighted by Gasteiger charge is -2.15. The molecular weight excluding hydrogens is 216 g/mol. The maximum Gasteiger partial charge on any atom is 0.124 e. The minimum absolute atomic E-state index is 0.0544. The van der Waals surface area contributed by atoms with Crippen LogP contribution in [0.4, 0.5) is 0 Å². The number of rotatable bonds is 5. The largest absolute Gasteiger partial charge is 0.496 e. The highest BCUT2D eigenvalue weighted by molar-refractivity contribution is 5.34. The molecule has 0 fully saturated rings. The van der Waals surface area contributed by atoms with E-state index in [0.29, 0.717) is 6.42 Å². The lowest BCUT2D eigenvalue weighted by atomic mass is 10.0. The van der Waals surface area contributed by atoms with Crippen LogP contribution in [0.1, 0.15) is 17.4 Å². The summed E-state index contributed by atoms with van der Waals surface area (Å²) in [5.74, 6) is 7.23. The lowest BCUT2D eigenvalue weighted by Crippen LogP contribution is -2.30. The second-order valence-electron chi connectivity index (χ2n) is 3.71. The first-order chi connectivity index (χ1) is 8.35. The van der Waals surface area contributed by atoms with Crippen LogP contribution in [0, 0.1) is 0 Å². The molecular formula is C12H16N4O. The van der Waals surface area contributed by atoms with Gasteiger partial charge in [-0.3, -0.25) is 5.84 Å². The fourth-order valence-corrected chi connectivity index (χ4v) is 1.79. The van der Waals surface area contributed by atoms with Gasteiger partial charge in [-0.25, -0.2) is 10.4 Å². The molecule has 5 nitrogen and oxygen atoms in total. The van der Waals surface area contributed by atoms with Crippen LogP contribution >= 0.6 is 0 Å². The number of hydrogen-bond donors (Lipinski definition) is 3. The van der Waals surface area contributed by atoms with E-state index in [1.807, 2.05) is 24.3 Å². The zero-order chi connectivity index (χ0) is 12.1. The van der Waals surface area contributed by atoms with Crippen LogP contribution in [-0.2, 0) is 6.42 Å². The molecule has 1 atom stereocenters. The summed E-state index contributed by atoms with van der Waals surface area (Å²) in [4.78, 5) is 7.25. The number of imidazole rings is 1. The molecule has 0 radical (unpaired) electrons. The van der Waals surface area contributed by atoms with Crippen molar-refractivity contribution in [1.82, 2.24) is 15.4 Å². The van der Waals surface area contributed by atoms with Gasteiger partial charge in [0.25, 0.3) is 0 Å². The maximum atomic E-state index is 5.55. The van der Waals surface area contributed by atoms with Crippen LogP contribution in [-0.4, -0.2) is 17.1 Å². The van der Waals surface area contributed by atoms with Gasteiger partial charge in [0.2, 0.25) is 0 Å². The van der Waals surface area contributed by atoms with Crippen molar-refractivity contribution in [2.75, 3.05) is 7.11 Å². The Morgan fingerprint density at radius 2 is 2.29 bits per heavy atom. The summed E-state index contributed by atoms with van der Waals surface area (Å²) in [5.41, 5.74) is 3.85. The Kier molecular flexibility index (Phi) is 3.74. The Morgan fingerprint density at radius 1 is 1.47 bits per heavy atom. The summed E-state index contributed by atoms with van der Waals surface area (Å²) in [7, 11) is 1.66. The summed E-state index contributed by atoms with van der Waals surface area (Å²) in [6, 6.07) is 7.83. The number of methoxy groups -OCH3 is 1. The number of ether oxygens (including phenoxy) is 1. The predicted molar refractivity (Wildman–Crippen MR) is 65.3 cm³/mol. The standard InChI is InChI=1S/C12H16N4O/c1-17-11-5-3-2-4-9(11)8-10(16-13)12-14-6-7-15-12/h2-7,10,16H,8,13H2,1H3,(H,14,15). The maximum absolute atomic E-state index is 5.55. The first kappa shape index (κ1) is 11.6. The van der Waals surface area contributed by atoms with E-state index < -0.39 is 0 Å². The van der Waals surface area contributed by atoms with Crippen molar-refractivity contribution in [2.45, 2.75) is 12.5 Å². The number of aromatic nitrogens is 2. The number of para-hydroxylation sites is 1. The third-order valence-corrected chi connectivity index (χ3v) is 2.67. The fraction of sp³-hybridized carbons (Fsp3) is 0.250. The first-order valence-electron chi connectivity index (χ1n) is 5.42. The number of aromatic amines is 1. The summed E-state index contributed by atoms with van der Waals surface area (Å²) < 4.78 is 5.31. The molecule has 90 valence electrons. The third kappa shape index (κ3) is 2.64. The van der Waals surface area contributed by atoms with Crippen LogP contribution < -0.4 is 16.0 Å². The van der Waals surface area contributed by atoms with Crippen LogP contribution in [0.15, 0.2) is 36.7 Å². The van der Waals surface area contributed by atoms with Gasteiger partial charge in [-0.05, 0) is 18.1 Å². The van der Waals surface area contributed by atoms with Crippen LogP contribution in [0.2, 0.25) is 0 Å². The number of nitrogens with two attached hydrogens (primary N) is 1. The zero-order valence-electron chi connectivity index (χ0n) is 9.68. The average molecular weight is 232 g/mol. The number of benzene rings is 1. The van der Waals surface area contributed by atoms with E-state index in [1.165, 1.54) is 0 Å². The molecule has 1 aromatic carbocycles. The molecule has 0 aliphatic heterocycles. The molecule has 0 spiro atoms. The van der Waals surface area contributed by atoms with Gasteiger partial charge in [-0.15, -0.1) is 0 Å². The van der Waals surface area contributed by atoms with Gasteiger partial charge in [0.1, 0.15) is 11.6 Å². The number of hydrazine groups is 1. The highest BCUT2D eigenvalue weighted by atomic mass is 16.5. The van der Waals surface area contributed by atoms with E-state index in [2.05, 4.69) is 15.4 Å². The minimum atomic E-state index is -0.0544. The van der Waals surface area contributed by atoms with E-state index in [1.54, 1.807) is 19.5 Å². The molecule has 17 heavy (non-hydrogen) atoms. The SMILES string of the molecule is COc1ccccc1CC(NN)c1ncc[nH]1. The van der Waals surface area contributed by atoms with Crippen molar-refractivity contribution in [3.63, 3.8) is 0 Å². The Bertz CT molecular complexity index is 455. The van der Waals surface area contributed by atoms with Gasteiger partial charge >= 0.3 is 0 Å². The van der Waals surface area contributed by atoms with E-state index in [-0.39, 0.29) is 6.04 Å². The van der Waals surface area contributed by atoms with Crippen LogP contribution in [0.3, 0.4) is 0 Å². The number of nitrogens with one attached hydrogen (secondary N) is 2. The second-order valence-corrected chi connectivity index (χ2v) is 3.71. The summed E-state index contributed by atoms with van der Waals surface area (Å²) in [6.45, 7) is 0. The quantitative estimate of drug-likeness (QED) is 0.534. The topological polar surface area (TPSA) is 76.0 Å². The van der Waals surface area contributed by atoms with Gasteiger partial charge < -0.3 is 9.72 Å². The van der Waals surface area contributed by atoms with Gasteiger partial charge in [0.15, 0.2) is 0 Å². The van der Waals surface area contributed by atoms with Crippen molar-refractivity contribution in [1.29, 1.82) is 0 Å². The lowest BCUT2D eigenvalue weighted by molar-refractivity contribution is 0.404. The molecule has 0 saturated carbocycles. The molecule has 2 aromatic rings. The van der Waals surface area contributed by atoms with Crippen molar-refractivity contribution >= 4 is 0 Å². The van der Waals surface area contributed by atoms with Gasteiger partial charge in [-0.2, -0.15) is 0 Å². The monoisotopic (exact) mass is 232 g/mol. The van der Waals surface area contributed by atoms with Gasteiger partial charge in [0, 0.05) is 12.4 Å². The van der Waals surface area contributed by atoms with E-state index in [4.69, 9.17) is 10.6 Å². The molecule has 0 amide bonds. The van der Waals surface area contributed by atoms with E-state index in [9.17, 15) is 0 Å². The Balaban J connectivity index is 2.18. The molecule has 0 aliphatic rings. The second kappa shape index (κ2) is 5.47. The molecule has 4 N–H and O–H groups in total. The van der Waals surface area contributed by atoms with Crippen LogP contribution in [0.25, 0.3) is 0 Å². The molecule has 1 aromatic heterocycles. The van der Waals surface area contributed by atoms with Gasteiger partial charge in [0.05, 0.1) is 13.2 Å². The molecule has 5 heteroatoms. The fourth-order valence-electron chi connectivity index (χ4n) is 1.79. The number of H-pyrrole nitrogens is 1. The van der Waals surface area contributed by atoms with Gasteiger partial charge in [-0.1, -0.05) is 18.2 Å². The van der Waals surface area contributed by atoms with Crippen molar-refractivity contribution in [3.05, 3.63) is 48.0 Å². The normalized spacial score (nSPS) is 12.4. The summed E-state index contributed by atoms with van der Waals surface area (Å²) >= 11 is 0. The zero-order valence-corrected chi connectivity index (χ0v) is 9.68. The summed E-state index contributed by atoms with van der Waals surface area (Å²) in [6.07, 6.45) is 4.21. The van der Waals surface area contributed by atoms with Crippen molar-refractivity contribution in [2.24, 2.45) is 5.84 Å². The Hall–Kier alpha value is -1.85. The third-order valence-electron chi connectivity index (χ3n) is 2.67. The predicted octanol–water partition coefficient (Wildman–Crippen LogP) is 1.17. The van der Waals surface area contributed by atoms with E-state index >= 15 is 0 Å². The van der Waals surface area contributed by atoms with Crippen LogP contribution in [0.5, 0.6) is 5.75 Å². The van der Waals surface area contributed by atoms with Crippen molar-refractivity contribution in [3.8, 4) is 5.75 Å².